The third kappa shape index (κ3) is 2.17. The van der Waals surface area contributed by atoms with E-state index in [1.54, 1.807) is 18.2 Å². The highest BCUT2D eigenvalue weighted by Gasteiger charge is 2.31. The molecule has 0 fully saturated rings. The van der Waals surface area contributed by atoms with Crippen molar-refractivity contribution in [1.82, 2.24) is 0 Å². The van der Waals surface area contributed by atoms with Crippen molar-refractivity contribution in [2.45, 2.75) is 12.3 Å². The number of carbonyl (C=O) groups excluding carboxylic acids is 1. The number of hydrogen-bond donors (Lipinski definition) is 2. The molecule has 1 unspecified atom stereocenters. The van der Waals surface area contributed by atoms with Gasteiger partial charge in [-0.3, -0.25) is 4.79 Å². The second-order valence-electron chi connectivity index (χ2n) is 4.68. The minimum Gasteiger partial charge on any atom is -0.397 e. The fraction of sp³-hybridized carbons (Fsp3) is 0.133. The van der Waals surface area contributed by atoms with E-state index in [4.69, 9.17) is 17.3 Å². The summed E-state index contributed by atoms with van der Waals surface area (Å²) in [5, 5.41) is 3.37. The Bertz CT molecular complexity index is 654. The summed E-state index contributed by atoms with van der Waals surface area (Å²) in [5.74, 6) is -0.0616. The van der Waals surface area contributed by atoms with Crippen LogP contribution in [0.5, 0.6) is 0 Å². The number of fused-ring (bicyclic) bond motifs is 1. The van der Waals surface area contributed by atoms with Crippen LogP contribution in [0.3, 0.4) is 0 Å². The first-order chi connectivity index (χ1) is 9.15. The molecule has 3 nitrogen and oxygen atoms in total. The van der Waals surface area contributed by atoms with Gasteiger partial charge in [0.2, 0.25) is 5.91 Å². The summed E-state index contributed by atoms with van der Waals surface area (Å²) in [6, 6.07) is 13.1. The molecule has 0 saturated heterocycles. The lowest BCUT2D eigenvalue weighted by molar-refractivity contribution is -0.118. The molecule has 4 heteroatoms. The van der Waals surface area contributed by atoms with Gasteiger partial charge in [-0.25, -0.2) is 0 Å². The van der Waals surface area contributed by atoms with Crippen LogP contribution < -0.4 is 11.1 Å². The van der Waals surface area contributed by atoms with E-state index in [0.29, 0.717) is 16.4 Å². The maximum atomic E-state index is 12.2. The zero-order valence-corrected chi connectivity index (χ0v) is 10.9. The van der Waals surface area contributed by atoms with Crippen molar-refractivity contribution >= 4 is 28.9 Å². The SMILES string of the molecule is Nc1cc(NC(=O)C2Cc3ccccc32)ccc1Cl. The Balaban J connectivity index is 1.75. The summed E-state index contributed by atoms with van der Waals surface area (Å²) in [7, 11) is 0. The highest BCUT2D eigenvalue weighted by molar-refractivity contribution is 6.33. The average molecular weight is 273 g/mol. The fourth-order valence-corrected chi connectivity index (χ4v) is 2.46. The first-order valence-electron chi connectivity index (χ1n) is 6.09. The molecule has 2 aromatic rings. The van der Waals surface area contributed by atoms with E-state index in [-0.39, 0.29) is 11.8 Å². The minimum absolute atomic E-state index is 0.000391. The molecule has 0 spiro atoms. The van der Waals surface area contributed by atoms with Gasteiger partial charge in [-0.05, 0) is 35.7 Å². The van der Waals surface area contributed by atoms with Crippen molar-refractivity contribution in [1.29, 1.82) is 0 Å². The molecule has 1 atom stereocenters. The van der Waals surface area contributed by atoms with Crippen molar-refractivity contribution in [3.8, 4) is 0 Å². The Morgan fingerprint density at radius 1 is 1.26 bits per heavy atom. The number of nitrogens with one attached hydrogen (secondary N) is 1. The lowest BCUT2D eigenvalue weighted by Crippen LogP contribution is -2.30. The predicted molar refractivity (Wildman–Crippen MR) is 77.4 cm³/mol. The monoisotopic (exact) mass is 272 g/mol. The van der Waals surface area contributed by atoms with Gasteiger partial charge in [0.15, 0.2) is 0 Å². The minimum atomic E-state index is -0.0619. The lowest BCUT2D eigenvalue weighted by atomic mass is 9.77. The molecule has 3 N–H and O–H groups in total. The normalized spacial score (nSPS) is 16.4. The van der Waals surface area contributed by atoms with Gasteiger partial charge in [0.25, 0.3) is 0 Å². The number of anilines is 2. The van der Waals surface area contributed by atoms with Crippen LogP contribution in [0.1, 0.15) is 17.0 Å². The Hall–Kier alpha value is -2.00. The highest BCUT2D eigenvalue weighted by atomic mass is 35.5. The molecule has 0 bridgehead atoms. The molecular formula is C15H13ClN2O. The molecule has 19 heavy (non-hydrogen) atoms. The first-order valence-corrected chi connectivity index (χ1v) is 6.46. The number of benzene rings is 2. The van der Waals surface area contributed by atoms with Crippen LogP contribution in [-0.4, -0.2) is 5.91 Å². The first kappa shape index (κ1) is 12.1. The van der Waals surface area contributed by atoms with Crippen LogP contribution in [0, 0.1) is 0 Å². The largest absolute Gasteiger partial charge is 0.397 e. The van der Waals surface area contributed by atoms with E-state index >= 15 is 0 Å². The Morgan fingerprint density at radius 3 is 2.79 bits per heavy atom. The van der Waals surface area contributed by atoms with Gasteiger partial charge in [-0.1, -0.05) is 35.9 Å². The number of nitrogen functional groups attached to an aromatic ring is 1. The van der Waals surface area contributed by atoms with Crippen LogP contribution in [-0.2, 0) is 11.2 Å². The van der Waals surface area contributed by atoms with Crippen molar-refractivity contribution in [3.05, 3.63) is 58.6 Å². The fourth-order valence-electron chi connectivity index (χ4n) is 2.34. The van der Waals surface area contributed by atoms with Crippen molar-refractivity contribution in [2.75, 3.05) is 11.1 Å². The topological polar surface area (TPSA) is 55.1 Å². The number of halogens is 1. The maximum absolute atomic E-state index is 12.2. The van der Waals surface area contributed by atoms with Crippen LogP contribution >= 0.6 is 11.6 Å². The number of carbonyl (C=O) groups is 1. The van der Waals surface area contributed by atoms with Gasteiger partial charge in [0.1, 0.15) is 0 Å². The summed E-state index contributed by atoms with van der Waals surface area (Å²) in [6.45, 7) is 0. The zero-order chi connectivity index (χ0) is 13.4. The van der Waals surface area contributed by atoms with Crippen molar-refractivity contribution in [3.63, 3.8) is 0 Å². The van der Waals surface area contributed by atoms with Crippen LogP contribution in [0.15, 0.2) is 42.5 Å². The van der Waals surface area contributed by atoms with Gasteiger partial charge < -0.3 is 11.1 Å². The Labute approximate surface area is 116 Å². The lowest BCUT2D eigenvalue weighted by Gasteiger charge is -2.28. The summed E-state index contributed by atoms with van der Waals surface area (Å²) in [6.07, 6.45) is 0.797. The Kier molecular flexibility index (Phi) is 2.91. The second kappa shape index (κ2) is 4.59. The molecule has 1 aliphatic rings. The molecular weight excluding hydrogens is 260 g/mol. The van der Waals surface area contributed by atoms with Gasteiger partial charge >= 0.3 is 0 Å². The summed E-state index contributed by atoms with van der Waals surface area (Å²) < 4.78 is 0. The quantitative estimate of drug-likeness (QED) is 0.825. The van der Waals surface area contributed by atoms with E-state index in [9.17, 15) is 4.79 Å². The third-order valence-electron chi connectivity index (χ3n) is 3.43. The average Bonchev–Trinajstić information content (AvgIpc) is 2.35. The zero-order valence-electron chi connectivity index (χ0n) is 10.2. The van der Waals surface area contributed by atoms with Crippen molar-refractivity contribution in [2.24, 2.45) is 0 Å². The highest BCUT2D eigenvalue weighted by Crippen LogP contribution is 2.35. The van der Waals surface area contributed by atoms with E-state index < -0.39 is 0 Å². The molecule has 1 aliphatic carbocycles. The van der Waals surface area contributed by atoms with Crippen LogP contribution in [0.25, 0.3) is 0 Å². The third-order valence-corrected chi connectivity index (χ3v) is 3.78. The van der Waals surface area contributed by atoms with E-state index in [0.717, 1.165) is 12.0 Å². The Morgan fingerprint density at radius 2 is 2.05 bits per heavy atom. The van der Waals surface area contributed by atoms with Gasteiger partial charge in [0, 0.05) is 5.69 Å². The summed E-state index contributed by atoms with van der Waals surface area (Å²) in [5.41, 5.74) is 9.22. The molecule has 0 heterocycles. The van der Waals surface area contributed by atoms with E-state index in [1.807, 2.05) is 18.2 Å². The molecule has 0 aromatic heterocycles. The molecule has 0 aliphatic heterocycles. The van der Waals surface area contributed by atoms with Crippen LogP contribution in [0.4, 0.5) is 11.4 Å². The second-order valence-corrected chi connectivity index (χ2v) is 5.09. The van der Waals surface area contributed by atoms with Crippen LogP contribution in [0.2, 0.25) is 5.02 Å². The summed E-state index contributed by atoms with van der Waals surface area (Å²) >= 11 is 5.85. The van der Waals surface area contributed by atoms with Gasteiger partial charge in [-0.2, -0.15) is 0 Å². The smallest absolute Gasteiger partial charge is 0.232 e. The predicted octanol–water partition coefficient (Wildman–Crippen LogP) is 3.20. The number of amides is 1. The molecule has 0 saturated carbocycles. The van der Waals surface area contributed by atoms with E-state index in [1.165, 1.54) is 5.56 Å². The molecule has 96 valence electrons. The number of rotatable bonds is 2. The molecule has 2 aromatic carbocycles. The molecule has 1 amide bonds. The summed E-state index contributed by atoms with van der Waals surface area (Å²) in [4.78, 5) is 12.2. The molecule has 3 rings (SSSR count). The van der Waals surface area contributed by atoms with Gasteiger partial charge in [0.05, 0.1) is 16.6 Å². The number of hydrogen-bond acceptors (Lipinski definition) is 2. The standard InChI is InChI=1S/C15H13ClN2O/c16-13-6-5-10(8-14(13)17)18-15(19)12-7-9-3-1-2-4-11(9)12/h1-6,8,12H,7,17H2,(H,18,19). The van der Waals surface area contributed by atoms with Gasteiger partial charge in [-0.15, -0.1) is 0 Å². The molecule has 0 radical (unpaired) electrons. The van der Waals surface area contributed by atoms with E-state index in [2.05, 4.69) is 11.4 Å². The maximum Gasteiger partial charge on any atom is 0.232 e. The van der Waals surface area contributed by atoms with Crippen molar-refractivity contribution < 1.29 is 4.79 Å². The number of nitrogens with two attached hydrogens (primary N) is 1.